The quantitative estimate of drug-likeness (QED) is 0.785. The molecule has 0 amide bonds. The molecular weight excluding hydrogens is 204 g/mol. The number of nitriles is 1. The normalized spacial score (nSPS) is 17.1. The van der Waals surface area contributed by atoms with Crippen molar-refractivity contribution in [3.63, 3.8) is 0 Å². The van der Waals surface area contributed by atoms with Crippen LogP contribution in [-0.4, -0.2) is 34.8 Å². The number of aliphatic hydroxyl groups is 1. The molecule has 5 heteroatoms. The molecule has 0 unspecified atom stereocenters. The summed E-state index contributed by atoms with van der Waals surface area (Å²) in [6.45, 7) is 1.91. The van der Waals surface area contributed by atoms with E-state index in [9.17, 15) is 0 Å². The fourth-order valence-electron chi connectivity index (χ4n) is 1.97. The molecule has 5 nitrogen and oxygen atoms in total. The molecule has 84 valence electrons. The van der Waals surface area contributed by atoms with E-state index >= 15 is 0 Å². The Morgan fingerprint density at radius 1 is 1.38 bits per heavy atom. The van der Waals surface area contributed by atoms with E-state index in [1.807, 2.05) is 0 Å². The highest BCUT2D eigenvalue weighted by molar-refractivity contribution is 5.49. The van der Waals surface area contributed by atoms with E-state index in [0.29, 0.717) is 17.4 Å². The number of hydrogen-bond acceptors (Lipinski definition) is 5. The van der Waals surface area contributed by atoms with E-state index < -0.39 is 0 Å². The minimum Gasteiger partial charge on any atom is -0.396 e. The summed E-state index contributed by atoms with van der Waals surface area (Å²) in [6.07, 6.45) is 5.02. The van der Waals surface area contributed by atoms with E-state index in [-0.39, 0.29) is 6.61 Å². The Balaban J connectivity index is 2.11. The number of nitrogens with zero attached hydrogens (tertiary/aromatic N) is 4. The lowest BCUT2D eigenvalue weighted by molar-refractivity contribution is 0.202. The van der Waals surface area contributed by atoms with Gasteiger partial charge in [0.2, 0.25) is 0 Å². The molecule has 16 heavy (non-hydrogen) atoms. The minimum absolute atomic E-state index is 0.249. The van der Waals surface area contributed by atoms with Gasteiger partial charge in [-0.2, -0.15) is 5.26 Å². The summed E-state index contributed by atoms with van der Waals surface area (Å²) >= 11 is 0. The van der Waals surface area contributed by atoms with Crippen molar-refractivity contribution in [1.82, 2.24) is 9.97 Å². The van der Waals surface area contributed by atoms with Crippen molar-refractivity contribution in [2.24, 2.45) is 5.92 Å². The maximum Gasteiger partial charge on any atom is 0.183 e. The third kappa shape index (κ3) is 2.12. The lowest BCUT2D eigenvalue weighted by atomic mass is 9.98. The molecule has 1 N–H and O–H groups in total. The Hall–Kier alpha value is -1.67. The maximum atomic E-state index is 9.05. The monoisotopic (exact) mass is 218 g/mol. The molecule has 0 aliphatic carbocycles. The van der Waals surface area contributed by atoms with E-state index in [4.69, 9.17) is 10.4 Å². The molecule has 2 rings (SSSR count). The van der Waals surface area contributed by atoms with Crippen molar-refractivity contribution < 1.29 is 5.11 Å². The molecule has 1 aliphatic heterocycles. The predicted octanol–water partition coefficient (Wildman–Crippen LogP) is 0.557. The minimum atomic E-state index is 0.249. The van der Waals surface area contributed by atoms with Crippen molar-refractivity contribution >= 4 is 5.82 Å². The van der Waals surface area contributed by atoms with Gasteiger partial charge in [0.25, 0.3) is 0 Å². The van der Waals surface area contributed by atoms with Crippen molar-refractivity contribution in [2.75, 3.05) is 24.6 Å². The first-order valence-electron chi connectivity index (χ1n) is 5.42. The molecule has 1 aromatic heterocycles. The molecule has 0 radical (unpaired) electrons. The second-order valence-electron chi connectivity index (χ2n) is 3.95. The first-order valence-corrected chi connectivity index (χ1v) is 5.42. The summed E-state index contributed by atoms with van der Waals surface area (Å²) in [5.41, 5.74) is 0.380. The van der Waals surface area contributed by atoms with E-state index in [1.54, 1.807) is 6.20 Å². The molecule has 0 aromatic carbocycles. The van der Waals surface area contributed by atoms with E-state index in [0.717, 1.165) is 25.9 Å². The molecule has 0 bridgehead atoms. The highest BCUT2D eigenvalue weighted by Gasteiger charge is 2.21. The van der Waals surface area contributed by atoms with Gasteiger partial charge in [0.1, 0.15) is 6.07 Å². The predicted molar refractivity (Wildman–Crippen MR) is 58.8 cm³/mol. The summed E-state index contributed by atoms with van der Waals surface area (Å²) < 4.78 is 0. The van der Waals surface area contributed by atoms with Crippen molar-refractivity contribution in [2.45, 2.75) is 12.8 Å². The Morgan fingerprint density at radius 2 is 2.06 bits per heavy atom. The summed E-state index contributed by atoms with van der Waals surface area (Å²) in [5, 5.41) is 18.0. The van der Waals surface area contributed by atoms with Gasteiger partial charge in [-0.05, 0) is 18.8 Å². The summed E-state index contributed by atoms with van der Waals surface area (Å²) in [7, 11) is 0. The van der Waals surface area contributed by atoms with Gasteiger partial charge < -0.3 is 10.0 Å². The topological polar surface area (TPSA) is 73.0 Å². The second kappa shape index (κ2) is 4.90. The van der Waals surface area contributed by atoms with Crippen LogP contribution in [0, 0.1) is 17.2 Å². The molecule has 1 fully saturated rings. The third-order valence-electron chi connectivity index (χ3n) is 2.96. The first kappa shape index (κ1) is 10.8. The molecule has 2 heterocycles. The Labute approximate surface area is 94.4 Å². The number of hydrogen-bond donors (Lipinski definition) is 1. The SMILES string of the molecule is N#Cc1nccnc1N1CCC(CO)CC1. The van der Waals surface area contributed by atoms with Crippen LogP contribution in [0.4, 0.5) is 5.82 Å². The van der Waals surface area contributed by atoms with Gasteiger partial charge in [0, 0.05) is 32.1 Å². The van der Waals surface area contributed by atoms with Gasteiger partial charge in [0.15, 0.2) is 11.5 Å². The molecular formula is C11H14N4O. The Morgan fingerprint density at radius 3 is 2.69 bits per heavy atom. The van der Waals surface area contributed by atoms with Crippen LogP contribution < -0.4 is 4.90 Å². The number of piperidine rings is 1. The Kier molecular flexibility index (Phi) is 3.32. The van der Waals surface area contributed by atoms with Gasteiger partial charge in [0.05, 0.1) is 0 Å². The highest BCUT2D eigenvalue weighted by atomic mass is 16.3. The lowest BCUT2D eigenvalue weighted by Crippen LogP contribution is -2.35. The number of aromatic nitrogens is 2. The average Bonchev–Trinajstić information content (AvgIpc) is 2.39. The van der Waals surface area contributed by atoms with E-state index in [2.05, 4.69) is 20.9 Å². The number of aliphatic hydroxyl groups excluding tert-OH is 1. The van der Waals surface area contributed by atoms with Crippen LogP contribution in [0.3, 0.4) is 0 Å². The number of anilines is 1. The second-order valence-corrected chi connectivity index (χ2v) is 3.95. The largest absolute Gasteiger partial charge is 0.396 e. The van der Waals surface area contributed by atoms with Crippen LogP contribution in [0.2, 0.25) is 0 Å². The maximum absolute atomic E-state index is 9.05. The zero-order valence-electron chi connectivity index (χ0n) is 9.00. The zero-order chi connectivity index (χ0) is 11.4. The molecule has 1 aliphatic rings. The van der Waals surface area contributed by atoms with Gasteiger partial charge in [-0.25, -0.2) is 9.97 Å². The Bertz CT molecular complexity index is 393. The first-order chi connectivity index (χ1) is 7.85. The number of rotatable bonds is 2. The molecule has 0 saturated carbocycles. The summed E-state index contributed by atoms with van der Waals surface area (Å²) in [4.78, 5) is 10.3. The van der Waals surface area contributed by atoms with Gasteiger partial charge in [-0.1, -0.05) is 0 Å². The van der Waals surface area contributed by atoms with Crippen molar-refractivity contribution in [3.8, 4) is 6.07 Å². The van der Waals surface area contributed by atoms with Crippen LogP contribution in [0.1, 0.15) is 18.5 Å². The van der Waals surface area contributed by atoms with Crippen LogP contribution in [0.5, 0.6) is 0 Å². The lowest BCUT2D eigenvalue weighted by Gasteiger charge is -2.31. The highest BCUT2D eigenvalue weighted by Crippen LogP contribution is 2.22. The molecule has 0 spiro atoms. The molecule has 1 aromatic rings. The van der Waals surface area contributed by atoms with Gasteiger partial charge >= 0.3 is 0 Å². The fraction of sp³-hybridized carbons (Fsp3) is 0.545. The van der Waals surface area contributed by atoms with Gasteiger partial charge in [-0.15, -0.1) is 0 Å². The van der Waals surface area contributed by atoms with Crippen LogP contribution in [-0.2, 0) is 0 Å². The van der Waals surface area contributed by atoms with Crippen molar-refractivity contribution in [3.05, 3.63) is 18.1 Å². The van der Waals surface area contributed by atoms with E-state index in [1.165, 1.54) is 6.20 Å². The van der Waals surface area contributed by atoms with Crippen LogP contribution >= 0.6 is 0 Å². The zero-order valence-corrected chi connectivity index (χ0v) is 9.00. The van der Waals surface area contributed by atoms with Crippen LogP contribution in [0.25, 0.3) is 0 Å². The van der Waals surface area contributed by atoms with Crippen molar-refractivity contribution in [1.29, 1.82) is 5.26 Å². The smallest absolute Gasteiger partial charge is 0.183 e. The standard InChI is InChI=1S/C11H14N4O/c12-7-10-11(14-4-3-13-10)15-5-1-9(8-16)2-6-15/h3-4,9,16H,1-2,5-6,8H2. The molecule has 0 atom stereocenters. The van der Waals surface area contributed by atoms with Crippen LogP contribution in [0.15, 0.2) is 12.4 Å². The average molecular weight is 218 g/mol. The summed E-state index contributed by atoms with van der Waals surface area (Å²) in [5.74, 6) is 1.06. The third-order valence-corrected chi connectivity index (χ3v) is 2.96. The van der Waals surface area contributed by atoms with Gasteiger partial charge in [-0.3, -0.25) is 0 Å². The fourth-order valence-corrected chi connectivity index (χ4v) is 1.97. The summed E-state index contributed by atoms with van der Waals surface area (Å²) in [6, 6.07) is 2.05. The molecule has 1 saturated heterocycles.